The van der Waals surface area contributed by atoms with Gasteiger partial charge in [-0.05, 0) is 6.42 Å². The standard InChI is InChI=1S/C15H24N4/c1-8-10-11-12(14(2,3)4)16-9-17-19(11)13(18-10)15(5,6)7/h9H,8H2,1-7H3. The van der Waals surface area contributed by atoms with Gasteiger partial charge in [-0.25, -0.2) is 14.5 Å². The van der Waals surface area contributed by atoms with Crippen LogP contribution in [0.25, 0.3) is 5.52 Å². The lowest BCUT2D eigenvalue weighted by Crippen LogP contribution is -2.20. The van der Waals surface area contributed by atoms with Crippen molar-refractivity contribution >= 4 is 5.52 Å². The highest BCUT2D eigenvalue weighted by molar-refractivity contribution is 5.59. The molecule has 4 heteroatoms. The van der Waals surface area contributed by atoms with Gasteiger partial charge in [0.05, 0.1) is 11.4 Å². The van der Waals surface area contributed by atoms with Gasteiger partial charge in [0.2, 0.25) is 0 Å². The Hall–Kier alpha value is -1.45. The number of nitrogens with zero attached hydrogens (tertiary/aromatic N) is 4. The third-order valence-electron chi connectivity index (χ3n) is 3.22. The normalized spacial score (nSPS) is 13.2. The van der Waals surface area contributed by atoms with Crippen LogP contribution in [0.3, 0.4) is 0 Å². The number of hydrogen-bond acceptors (Lipinski definition) is 3. The highest BCUT2D eigenvalue weighted by Crippen LogP contribution is 2.30. The third kappa shape index (κ3) is 2.36. The lowest BCUT2D eigenvalue weighted by Gasteiger charge is -2.20. The van der Waals surface area contributed by atoms with Gasteiger partial charge < -0.3 is 0 Å². The maximum Gasteiger partial charge on any atom is 0.136 e. The van der Waals surface area contributed by atoms with Crippen molar-refractivity contribution in [3.05, 3.63) is 23.5 Å². The summed E-state index contributed by atoms with van der Waals surface area (Å²) in [5.41, 5.74) is 3.21. The van der Waals surface area contributed by atoms with E-state index in [0.29, 0.717) is 0 Å². The van der Waals surface area contributed by atoms with Crippen LogP contribution < -0.4 is 0 Å². The van der Waals surface area contributed by atoms with Crippen LogP contribution in [0.5, 0.6) is 0 Å². The fourth-order valence-corrected chi connectivity index (χ4v) is 2.28. The minimum atomic E-state index is -0.0279. The average Bonchev–Trinajstić information content (AvgIpc) is 2.65. The Morgan fingerprint density at radius 1 is 1.05 bits per heavy atom. The van der Waals surface area contributed by atoms with Gasteiger partial charge in [0, 0.05) is 10.8 Å². The number of hydrogen-bond donors (Lipinski definition) is 0. The zero-order valence-corrected chi connectivity index (χ0v) is 13.1. The van der Waals surface area contributed by atoms with Gasteiger partial charge in [0.15, 0.2) is 0 Å². The summed E-state index contributed by atoms with van der Waals surface area (Å²) < 4.78 is 1.98. The Bertz CT molecular complexity index is 597. The summed E-state index contributed by atoms with van der Waals surface area (Å²) in [6.07, 6.45) is 2.54. The Morgan fingerprint density at radius 3 is 2.16 bits per heavy atom. The minimum Gasteiger partial charge on any atom is -0.237 e. The van der Waals surface area contributed by atoms with Crippen molar-refractivity contribution in [3.63, 3.8) is 0 Å². The number of imidazole rings is 1. The molecule has 0 spiro atoms. The fraction of sp³-hybridized carbons (Fsp3) is 0.667. The topological polar surface area (TPSA) is 43.1 Å². The Balaban J connectivity index is 2.87. The maximum absolute atomic E-state index is 4.81. The molecule has 0 N–H and O–H groups in total. The van der Waals surface area contributed by atoms with Crippen molar-refractivity contribution in [2.45, 2.75) is 65.7 Å². The molecule has 2 rings (SSSR count). The molecule has 0 saturated carbocycles. The summed E-state index contributed by atoms with van der Waals surface area (Å²) in [6.45, 7) is 15.2. The molecular weight excluding hydrogens is 236 g/mol. The molecule has 19 heavy (non-hydrogen) atoms. The Kier molecular flexibility index (Phi) is 3.15. The molecular formula is C15H24N4. The van der Waals surface area contributed by atoms with E-state index in [1.165, 1.54) is 0 Å². The van der Waals surface area contributed by atoms with Gasteiger partial charge in [-0.3, -0.25) is 0 Å². The maximum atomic E-state index is 4.81. The highest BCUT2D eigenvalue weighted by Gasteiger charge is 2.28. The number of aromatic nitrogens is 4. The van der Waals surface area contributed by atoms with Crippen LogP contribution in [-0.2, 0) is 17.3 Å². The summed E-state index contributed by atoms with van der Waals surface area (Å²) in [5, 5.41) is 4.43. The molecule has 0 bridgehead atoms. The first-order chi connectivity index (χ1) is 8.66. The van der Waals surface area contributed by atoms with E-state index in [2.05, 4.69) is 58.5 Å². The highest BCUT2D eigenvalue weighted by atomic mass is 15.3. The van der Waals surface area contributed by atoms with Crippen molar-refractivity contribution in [3.8, 4) is 0 Å². The SMILES string of the molecule is CCc1nc(C(C)(C)C)n2ncnc(C(C)(C)C)c12. The van der Waals surface area contributed by atoms with Crippen molar-refractivity contribution in [2.75, 3.05) is 0 Å². The van der Waals surface area contributed by atoms with E-state index in [1.807, 2.05) is 4.52 Å². The van der Waals surface area contributed by atoms with Gasteiger partial charge in [0.25, 0.3) is 0 Å². The third-order valence-corrected chi connectivity index (χ3v) is 3.22. The Labute approximate surface area is 115 Å². The predicted octanol–water partition coefficient (Wildman–Crippen LogP) is 3.28. The zero-order valence-electron chi connectivity index (χ0n) is 13.1. The van der Waals surface area contributed by atoms with Crippen LogP contribution in [0, 0.1) is 0 Å². The van der Waals surface area contributed by atoms with E-state index in [0.717, 1.165) is 29.1 Å². The molecule has 0 aromatic carbocycles. The van der Waals surface area contributed by atoms with Crippen molar-refractivity contribution in [1.82, 2.24) is 19.6 Å². The molecule has 0 aliphatic heterocycles. The second-order valence-corrected chi connectivity index (χ2v) is 7.10. The number of fused-ring (bicyclic) bond motifs is 1. The lowest BCUT2D eigenvalue weighted by molar-refractivity contribution is 0.521. The van der Waals surface area contributed by atoms with Crippen LogP contribution in [0.4, 0.5) is 0 Å². The summed E-state index contributed by atoms with van der Waals surface area (Å²) in [5.74, 6) is 1.01. The molecule has 2 aromatic rings. The number of aryl methyl sites for hydroxylation is 1. The molecule has 4 nitrogen and oxygen atoms in total. The van der Waals surface area contributed by atoms with E-state index in [9.17, 15) is 0 Å². The molecule has 0 fully saturated rings. The second-order valence-electron chi connectivity index (χ2n) is 7.10. The van der Waals surface area contributed by atoms with Crippen LogP contribution in [0.15, 0.2) is 6.33 Å². The molecule has 0 amide bonds. The van der Waals surface area contributed by atoms with E-state index in [1.54, 1.807) is 6.33 Å². The quantitative estimate of drug-likeness (QED) is 0.790. The van der Waals surface area contributed by atoms with Crippen LogP contribution in [0.1, 0.15) is 65.7 Å². The van der Waals surface area contributed by atoms with Gasteiger partial charge in [-0.15, -0.1) is 0 Å². The second kappa shape index (κ2) is 4.29. The van der Waals surface area contributed by atoms with Crippen molar-refractivity contribution in [2.24, 2.45) is 0 Å². The molecule has 0 aliphatic rings. The van der Waals surface area contributed by atoms with Gasteiger partial charge in [-0.2, -0.15) is 5.10 Å². The molecule has 0 atom stereocenters. The largest absolute Gasteiger partial charge is 0.237 e. The van der Waals surface area contributed by atoms with Crippen LogP contribution >= 0.6 is 0 Å². The van der Waals surface area contributed by atoms with E-state index in [-0.39, 0.29) is 10.8 Å². The van der Waals surface area contributed by atoms with Gasteiger partial charge >= 0.3 is 0 Å². The minimum absolute atomic E-state index is 0.0106. The smallest absolute Gasteiger partial charge is 0.136 e. The molecule has 0 radical (unpaired) electrons. The summed E-state index contributed by atoms with van der Waals surface area (Å²) >= 11 is 0. The van der Waals surface area contributed by atoms with Gasteiger partial charge in [-0.1, -0.05) is 48.5 Å². The van der Waals surface area contributed by atoms with E-state index >= 15 is 0 Å². The zero-order chi connectivity index (χ0) is 14.4. The summed E-state index contributed by atoms with van der Waals surface area (Å²) in [4.78, 5) is 9.32. The van der Waals surface area contributed by atoms with Crippen molar-refractivity contribution < 1.29 is 0 Å². The average molecular weight is 260 g/mol. The molecule has 0 unspecified atom stereocenters. The number of rotatable bonds is 1. The van der Waals surface area contributed by atoms with Crippen molar-refractivity contribution in [1.29, 1.82) is 0 Å². The molecule has 2 aromatic heterocycles. The van der Waals surface area contributed by atoms with Crippen LogP contribution in [0.2, 0.25) is 0 Å². The lowest BCUT2D eigenvalue weighted by atomic mass is 9.90. The first-order valence-corrected chi connectivity index (χ1v) is 6.90. The Morgan fingerprint density at radius 2 is 1.68 bits per heavy atom. The molecule has 104 valence electrons. The first kappa shape index (κ1) is 14.0. The molecule has 0 aliphatic carbocycles. The fourth-order valence-electron chi connectivity index (χ4n) is 2.28. The van der Waals surface area contributed by atoms with Crippen LogP contribution in [-0.4, -0.2) is 19.6 Å². The van der Waals surface area contributed by atoms with E-state index < -0.39 is 0 Å². The molecule has 2 heterocycles. The first-order valence-electron chi connectivity index (χ1n) is 6.90. The predicted molar refractivity (Wildman–Crippen MR) is 77.6 cm³/mol. The summed E-state index contributed by atoms with van der Waals surface area (Å²) in [7, 11) is 0. The van der Waals surface area contributed by atoms with E-state index in [4.69, 9.17) is 4.98 Å². The summed E-state index contributed by atoms with van der Waals surface area (Å²) in [6, 6.07) is 0. The van der Waals surface area contributed by atoms with Gasteiger partial charge in [0.1, 0.15) is 17.7 Å². The monoisotopic (exact) mass is 260 g/mol. The molecule has 0 saturated heterocycles.